The van der Waals surface area contributed by atoms with Gasteiger partial charge in [0.1, 0.15) is 0 Å². The molecule has 0 amide bonds. The SMILES string of the molecule is CC(C)(C)c1c[c-]c(-c2ccc(C(C)(C)C)cn2)cc1.[2H]c1ccnc(-c2[c-]cc3c(ccc4cc([2H])ccc43)c2)c1.[Ir]. The molecule has 41 heavy (non-hydrogen) atoms. The van der Waals surface area contributed by atoms with E-state index in [0.29, 0.717) is 12.1 Å². The maximum absolute atomic E-state index is 7.72. The Hall–Kier alpha value is -3.65. The molecule has 0 bridgehead atoms. The van der Waals surface area contributed by atoms with Crippen LogP contribution in [0.5, 0.6) is 0 Å². The van der Waals surface area contributed by atoms with Crippen molar-refractivity contribution in [3.05, 3.63) is 133 Å². The molecule has 0 saturated carbocycles. The van der Waals surface area contributed by atoms with Crippen LogP contribution in [0, 0.1) is 12.1 Å². The number of nitrogens with zero attached hydrogens (tertiary/aromatic N) is 2. The van der Waals surface area contributed by atoms with Gasteiger partial charge in [0.15, 0.2) is 0 Å². The zero-order chi connectivity index (χ0) is 30.1. The fourth-order valence-electron chi connectivity index (χ4n) is 4.55. The van der Waals surface area contributed by atoms with E-state index in [0.717, 1.165) is 44.1 Å². The van der Waals surface area contributed by atoms with Crippen molar-refractivity contribution in [3.63, 3.8) is 0 Å². The van der Waals surface area contributed by atoms with Crippen molar-refractivity contribution < 1.29 is 22.8 Å². The van der Waals surface area contributed by atoms with Gasteiger partial charge in [-0.3, -0.25) is 0 Å². The third-order valence-electron chi connectivity index (χ3n) is 7.08. The topological polar surface area (TPSA) is 25.8 Å². The quantitative estimate of drug-likeness (QED) is 0.132. The molecule has 0 saturated heterocycles. The van der Waals surface area contributed by atoms with Crippen LogP contribution in [0.15, 0.2) is 109 Å². The molecule has 6 rings (SSSR count). The molecule has 3 heteroatoms. The van der Waals surface area contributed by atoms with Crippen molar-refractivity contribution in [2.24, 2.45) is 0 Å². The molecule has 0 spiro atoms. The van der Waals surface area contributed by atoms with Gasteiger partial charge in [-0.2, -0.15) is 0 Å². The Balaban J connectivity index is 0.000000194. The van der Waals surface area contributed by atoms with Gasteiger partial charge in [0.25, 0.3) is 0 Å². The molecule has 1 radical (unpaired) electrons. The van der Waals surface area contributed by atoms with E-state index >= 15 is 0 Å². The molecular formula is C38H36IrN2-2. The molecule has 0 aliphatic rings. The largest absolute Gasteiger partial charge is 0.305 e. The van der Waals surface area contributed by atoms with Gasteiger partial charge in [0.05, 0.1) is 2.74 Å². The summed E-state index contributed by atoms with van der Waals surface area (Å²) in [7, 11) is 0. The van der Waals surface area contributed by atoms with Crippen molar-refractivity contribution in [2.45, 2.75) is 52.4 Å². The molecule has 0 aliphatic carbocycles. The number of fused-ring (bicyclic) bond motifs is 3. The van der Waals surface area contributed by atoms with Crippen molar-refractivity contribution in [1.82, 2.24) is 9.97 Å². The van der Waals surface area contributed by atoms with Crippen LogP contribution in [0.25, 0.3) is 44.1 Å². The zero-order valence-electron chi connectivity index (χ0n) is 26.5. The molecule has 2 aromatic heterocycles. The summed E-state index contributed by atoms with van der Waals surface area (Å²) in [4.78, 5) is 8.89. The number of aromatic nitrogens is 2. The van der Waals surface area contributed by atoms with Crippen molar-refractivity contribution in [2.75, 3.05) is 0 Å². The molecule has 6 aromatic rings. The Kier molecular flexibility index (Phi) is 8.37. The standard InChI is InChI=1S/C19H12N.C19H24N.Ir/c1-2-6-17-14(5-1)8-9-15-13-16(10-11-18(15)17)19-7-3-4-12-20-19;1-18(2,3)15-9-7-14(8-10-15)17-12-11-16(13-20-17)19(4,5)6;/h1-9,11-13H;7,9-13H,1-6H3;/q2*-1;/i1D,3D;;. The fraction of sp³-hybridized carbons (Fsp3) is 0.211. The van der Waals surface area contributed by atoms with Gasteiger partial charge in [0.2, 0.25) is 0 Å². The van der Waals surface area contributed by atoms with Crippen molar-refractivity contribution in [3.8, 4) is 22.5 Å². The third-order valence-corrected chi connectivity index (χ3v) is 7.08. The smallest absolute Gasteiger partial charge is 0.0623 e. The van der Waals surface area contributed by atoms with E-state index in [1.165, 1.54) is 11.1 Å². The van der Waals surface area contributed by atoms with Gasteiger partial charge in [0, 0.05) is 32.5 Å². The second kappa shape index (κ2) is 12.5. The summed E-state index contributed by atoms with van der Waals surface area (Å²) >= 11 is 0. The van der Waals surface area contributed by atoms with E-state index in [1.54, 1.807) is 24.4 Å². The molecule has 2 heterocycles. The molecule has 0 aliphatic heterocycles. The molecule has 4 aromatic carbocycles. The second-order valence-electron chi connectivity index (χ2n) is 12.1. The molecule has 209 valence electrons. The summed E-state index contributed by atoms with van der Waals surface area (Å²) in [6, 6.07) is 35.4. The monoisotopic (exact) mass is 715 g/mol. The van der Waals surface area contributed by atoms with Crippen molar-refractivity contribution >= 4 is 21.5 Å². The summed E-state index contributed by atoms with van der Waals surface area (Å²) in [6.07, 6.45) is 3.62. The predicted octanol–water partition coefficient (Wildman–Crippen LogP) is 10.00. The first-order chi connectivity index (χ1) is 19.9. The Bertz CT molecular complexity index is 1790. The van der Waals surface area contributed by atoms with Crippen LogP contribution in [0.3, 0.4) is 0 Å². The second-order valence-corrected chi connectivity index (χ2v) is 12.1. The van der Waals surface area contributed by atoms with E-state index < -0.39 is 0 Å². The minimum Gasteiger partial charge on any atom is -0.305 e. The molecule has 0 atom stereocenters. The third kappa shape index (κ3) is 7.17. The predicted molar refractivity (Wildman–Crippen MR) is 169 cm³/mol. The number of hydrogen-bond acceptors (Lipinski definition) is 2. The van der Waals surface area contributed by atoms with Crippen molar-refractivity contribution in [1.29, 1.82) is 0 Å². The fourth-order valence-corrected chi connectivity index (χ4v) is 4.55. The first-order valence-electron chi connectivity index (χ1n) is 14.7. The van der Waals surface area contributed by atoms with Crippen LogP contribution in [-0.2, 0) is 30.9 Å². The van der Waals surface area contributed by atoms with Gasteiger partial charge < -0.3 is 9.97 Å². The van der Waals surface area contributed by atoms with Gasteiger partial charge >= 0.3 is 0 Å². The summed E-state index contributed by atoms with van der Waals surface area (Å²) in [5.74, 6) is 0. The van der Waals surface area contributed by atoms with Crippen LogP contribution in [-0.4, -0.2) is 9.97 Å². The molecular weight excluding hydrogens is 677 g/mol. The average molecular weight is 715 g/mol. The Morgan fingerprint density at radius 1 is 0.610 bits per heavy atom. The molecule has 0 unspecified atom stereocenters. The Morgan fingerprint density at radius 3 is 1.95 bits per heavy atom. The Labute approximate surface area is 261 Å². The first kappa shape index (κ1) is 27.5. The molecule has 0 N–H and O–H groups in total. The molecule has 0 fully saturated rings. The summed E-state index contributed by atoms with van der Waals surface area (Å²) < 4.78 is 15.4. The number of pyridine rings is 2. The van der Waals surface area contributed by atoms with Gasteiger partial charge in [-0.1, -0.05) is 113 Å². The van der Waals surface area contributed by atoms with E-state index in [-0.39, 0.29) is 30.9 Å². The normalized spacial score (nSPS) is 12.1. The van der Waals surface area contributed by atoms with E-state index in [2.05, 4.69) is 100 Å². The zero-order valence-corrected chi connectivity index (χ0v) is 26.9. The van der Waals surface area contributed by atoms with Crippen LogP contribution < -0.4 is 0 Å². The van der Waals surface area contributed by atoms with E-state index in [1.807, 2.05) is 36.5 Å². The summed E-state index contributed by atoms with van der Waals surface area (Å²) in [5.41, 5.74) is 6.55. The van der Waals surface area contributed by atoms with Crippen LogP contribution in [0.4, 0.5) is 0 Å². The van der Waals surface area contributed by atoms with Gasteiger partial charge in [-0.25, -0.2) is 0 Å². The van der Waals surface area contributed by atoms with E-state index in [4.69, 9.17) is 2.74 Å². The average Bonchev–Trinajstić information content (AvgIpc) is 2.96. The maximum Gasteiger partial charge on any atom is 0.0623 e. The van der Waals surface area contributed by atoms with Crippen LogP contribution in [0.1, 0.15) is 55.4 Å². The first-order valence-corrected chi connectivity index (χ1v) is 13.7. The summed E-state index contributed by atoms with van der Waals surface area (Å²) in [6.45, 7) is 13.3. The Morgan fingerprint density at radius 2 is 1.29 bits per heavy atom. The summed E-state index contributed by atoms with van der Waals surface area (Å²) in [5, 5.41) is 4.41. The van der Waals surface area contributed by atoms with Crippen LogP contribution in [0.2, 0.25) is 0 Å². The maximum atomic E-state index is 7.72. The minimum atomic E-state index is 0. The van der Waals surface area contributed by atoms with E-state index in [9.17, 15) is 0 Å². The molecule has 2 nitrogen and oxygen atoms in total. The number of hydrogen-bond donors (Lipinski definition) is 0. The van der Waals surface area contributed by atoms with Gasteiger partial charge in [-0.05, 0) is 39.2 Å². The minimum absolute atomic E-state index is 0. The number of benzene rings is 4. The number of rotatable bonds is 2. The van der Waals surface area contributed by atoms with Crippen LogP contribution >= 0.6 is 0 Å². The van der Waals surface area contributed by atoms with Gasteiger partial charge in [-0.15, -0.1) is 64.5 Å².